The van der Waals surface area contributed by atoms with Crippen LogP contribution in [0.25, 0.3) is 10.8 Å². The van der Waals surface area contributed by atoms with Gasteiger partial charge in [0.1, 0.15) is 0 Å². The lowest BCUT2D eigenvalue weighted by Crippen LogP contribution is -2.23. The lowest BCUT2D eigenvalue weighted by Gasteiger charge is -2.12. The third kappa shape index (κ3) is 2.09. The van der Waals surface area contributed by atoms with Crippen molar-refractivity contribution in [3.8, 4) is 0 Å². The Kier molecular flexibility index (Phi) is 3.53. The maximum absolute atomic E-state index is 12.4. The summed E-state index contributed by atoms with van der Waals surface area (Å²) in [4.78, 5) is 12.4. The fourth-order valence-corrected chi connectivity index (χ4v) is 2.43. The van der Waals surface area contributed by atoms with E-state index in [1.54, 1.807) is 6.07 Å². The van der Waals surface area contributed by atoms with Gasteiger partial charge in [-0.05, 0) is 30.4 Å². The van der Waals surface area contributed by atoms with Crippen LogP contribution in [0.2, 0.25) is 5.02 Å². The Bertz CT molecular complexity index is 601. The van der Waals surface area contributed by atoms with Gasteiger partial charge in [-0.3, -0.25) is 4.79 Å². The molecule has 1 aromatic carbocycles. The minimum atomic E-state index is 0.0341. The van der Waals surface area contributed by atoms with Crippen molar-refractivity contribution in [3.05, 3.63) is 45.3 Å². The topological polar surface area (TPSA) is 22.0 Å². The average Bonchev–Trinajstić information content (AvgIpc) is 2.32. The van der Waals surface area contributed by atoms with Gasteiger partial charge in [0.2, 0.25) is 0 Å². The molecular weight excluding hydrogens is 234 g/mol. The molecule has 0 saturated carbocycles. The molecule has 0 amide bonds. The number of hydrogen-bond donors (Lipinski definition) is 0. The van der Waals surface area contributed by atoms with Crippen LogP contribution < -0.4 is 5.56 Å². The van der Waals surface area contributed by atoms with Gasteiger partial charge in [-0.1, -0.05) is 37.6 Å². The minimum Gasteiger partial charge on any atom is -0.312 e. The van der Waals surface area contributed by atoms with E-state index < -0.39 is 0 Å². The van der Waals surface area contributed by atoms with Crippen molar-refractivity contribution in [1.29, 1.82) is 0 Å². The molecule has 0 radical (unpaired) electrons. The van der Waals surface area contributed by atoms with Gasteiger partial charge in [0.05, 0.1) is 10.4 Å². The first-order valence-corrected chi connectivity index (χ1v) is 6.37. The zero-order valence-electron chi connectivity index (χ0n) is 10.2. The summed E-state index contributed by atoms with van der Waals surface area (Å²) >= 11 is 6.12. The van der Waals surface area contributed by atoms with Gasteiger partial charge in [-0.15, -0.1) is 0 Å². The van der Waals surface area contributed by atoms with Crippen molar-refractivity contribution < 1.29 is 0 Å². The molecule has 90 valence electrons. The fourth-order valence-electron chi connectivity index (χ4n) is 2.17. The van der Waals surface area contributed by atoms with Crippen LogP contribution in [0.3, 0.4) is 0 Å². The van der Waals surface area contributed by atoms with Gasteiger partial charge in [-0.25, -0.2) is 0 Å². The van der Waals surface area contributed by atoms with E-state index in [2.05, 4.69) is 19.9 Å². The average molecular weight is 250 g/mol. The summed E-state index contributed by atoms with van der Waals surface area (Å²) in [5.74, 6) is 0. The largest absolute Gasteiger partial charge is 0.312 e. The van der Waals surface area contributed by atoms with Crippen LogP contribution in [0.15, 0.2) is 29.1 Å². The molecule has 1 aromatic heterocycles. The van der Waals surface area contributed by atoms with Crippen molar-refractivity contribution in [3.63, 3.8) is 0 Å². The van der Waals surface area contributed by atoms with Crippen LogP contribution in [0.5, 0.6) is 0 Å². The molecule has 0 aliphatic heterocycles. The molecule has 0 saturated heterocycles. The zero-order chi connectivity index (χ0) is 12.4. The van der Waals surface area contributed by atoms with E-state index in [0.29, 0.717) is 10.4 Å². The molecule has 0 unspecified atom stereocenters. The summed E-state index contributed by atoms with van der Waals surface area (Å²) in [7, 11) is 0. The van der Waals surface area contributed by atoms with Crippen LogP contribution in [-0.4, -0.2) is 4.57 Å². The summed E-state index contributed by atoms with van der Waals surface area (Å²) in [6.07, 6.45) is 1.81. The molecule has 0 aliphatic carbocycles. The highest BCUT2D eigenvalue weighted by atomic mass is 35.5. The number of pyridine rings is 1. The van der Waals surface area contributed by atoms with E-state index in [9.17, 15) is 4.79 Å². The standard InChI is InChI=1S/C14H16ClNO/c1-3-8-16-11(4-2)9-10-6-5-7-12(15)13(10)14(16)17/h5-7,9H,3-4,8H2,1-2H3. The first kappa shape index (κ1) is 12.2. The first-order valence-electron chi connectivity index (χ1n) is 6.00. The number of halogens is 1. The van der Waals surface area contributed by atoms with Crippen molar-refractivity contribution >= 4 is 22.4 Å². The van der Waals surface area contributed by atoms with Crippen molar-refractivity contribution in [2.75, 3.05) is 0 Å². The van der Waals surface area contributed by atoms with Crippen LogP contribution >= 0.6 is 11.6 Å². The Hall–Kier alpha value is -1.28. The molecule has 2 nitrogen and oxygen atoms in total. The molecule has 3 heteroatoms. The number of benzene rings is 1. The highest BCUT2D eigenvalue weighted by molar-refractivity contribution is 6.35. The highest BCUT2D eigenvalue weighted by Crippen LogP contribution is 2.21. The Balaban J connectivity index is 2.84. The second-order valence-electron chi connectivity index (χ2n) is 4.15. The quantitative estimate of drug-likeness (QED) is 0.814. The highest BCUT2D eigenvalue weighted by Gasteiger charge is 2.09. The second-order valence-corrected chi connectivity index (χ2v) is 4.56. The molecule has 1 heterocycles. The number of rotatable bonds is 3. The molecule has 0 spiro atoms. The van der Waals surface area contributed by atoms with Crippen molar-refractivity contribution in [1.82, 2.24) is 4.57 Å². The number of aryl methyl sites for hydroxylation is 1. The normalized spacial score (nSPS) is 11.0. The molecule has 0 N–H and O–H groups in total. The monoisotopic (exact) mass is 249 g/mol. The van der Waals surface area contributed by atoms with Crippen LogP contribution in [-0.2, 0) is 13.0 Å². The van der Waals surface area contributed by atoms with Gasteiger partial charge < -0.3 is 4.57 Å². The number of fused-ring (bicyclic) bond motifs is 1. The third-order valence-corrected chi connectivity index (χ3v) is 3.30. The summed E-state index contributed by atoms with van der Waals surface area (Å²) in [6.45, 7) is 4.89. The van der Waals surface area contributed by atoms with E-state index in [-0.39, 0.29) is 5.56 Å². The predicted molar refractivity (Wildman–Crippen MR) is 72.9 cm³/mol. The Morgan fingerprint density at radius 1 is 1.29 bits per heavy atom. The molecule has 0 aliphatic rings. The molecule has 0 fully saturated rings. The lowest BCUT2D eigenvalue weighted by atomic mass is 10.1. The van der Waals surface area contributed by atoms with Gasteiger partial charge in [0.15, 0.2) is 0 Å². The maximum Gasteiger partial charge on any atom is 0.260 e. The predicted octanol–water partition coefficient (Wildman–Crippen LogP) is 3.63. The summed E-state index contributed by atoms with van der Waals surface area (Å²) in [5, 5.41) is 2.12. The van der Waals surface area contributed by atoms with Gasteiger partial charge in [0, 0.05) is 12.2 Å². The Morgan fingerprint density at radius 3 is 2.71 bits per heavy atom. The smallest absolute Gasteiger partial charge is 0.260 e. The van der Waals surface area contributed by atoms with E-state index in [1.807, 2.05) is 16.7 Å². The van der Waals surface area contributed by atoms with E-state index >= 15 is 0 Å². The van der Waals surface area contributed by atoms with E-state index in [4.69, 9.17) is 11.6 Å². The van der Waals surface area contributed by atoms with Gasteiger partial charge in [0.25, 0.3) is 5.56 Å². The number of hydrogen-bond acceptors (Lipinski definition) is 1. The Morgan fingerprint density at radius 2 is 2.06 bits per heavy atom. The Labute approximate surface area is 106 Å². The SMILES string of the molecule is CCCn1c(CC)cc2cccc(Cl)c2c1=O. The molecular formula is C14H16ClNO. The summed E-state index contributed by atoms with van der Waals surface area (Å²) < 4.78 is 1.84. The number of nitrogens with zero attached hydrogens (tertiary/aromatic N) is 1. The molecule has 0 atom stereocenters. The van der Waals surface area contributed by atoms with Crippen LogP contribution in [0.1, 0.15) is 26.0 Å². The maximum atomic E-state index is 12.4. The minimum absolute atomic E-state index is 0.0341. The van der Waals surface area contributed by atoms with Crippen molar-refractivity contribution in [2.24, 2.45) is 0 Å². The molecule has 17 heavy (non-hydrogen) atoms. The van der Waals surface area contributed by atoms with Gasteiger partial charge >= 0.3 is 0 Å². The van der Waals surface area contributed by atoms with Gasteiger partial charge in [-0.2, -0.15) is 0 Å². The zero-order valence-corrected chi connectivity index (χ0v) is 10.9. The second kappa shape index (κ2) is 4.92. The number of aromatic nitrogens is 1. The van der Waals surface area contributed by atoms with E-state index in [1.165, 1.54) is 0 Å². The van der Waals surface area contributed by atoms with Crippen molar-refractivity contribution in [2.45, 2.75) is 33.2 Å². The fraction of sp³-hybridized carbons (Fsp3) is 0.357. The molecule has 2 aromatic rings. The molecule has 2 rings (SSSR count). The summed E-state index contributed by atoms with van der Waals surface area (Å²) in [5.41, 5.74) is 1.11. The van der Waals surface area contributed by atoms with Crippen LogP contribution in [0, 0.1) is 0 Å². The first-order chi connectivity index (χ1) is 8.19. The van der Waals surface area contributed by atoms with E-state index in [0.717, 1.165) is 30.5 Å². The third-order valence-electron chi connectivity index (χ3n) is 2.98. The lowest BCUT2D eigenvalue weighted by molar-refractivity contribution is 0.628. The van der Waals surface area contributed by atoms with Crippen LogP contribution in [0.4, 0.5) is 0 Å². The summed E-state index contributed by atoms with van der Waals surface area (Å²) in [6, 6.07) is 7.66. The molecule has 0 bridgehead atoms.